The fraction of sp³-hybridized carbons (Fsp3) is 0.0667. The summed E-state index contributed by atoms with van der Waals surface area (Å²) in [6.45, 7) is 1.73. The lowest BCUT2D eigenvalue weighted by Crippen LogP contribution is -2.12. The number of amides is 1. The first-order valence-corrected chi connectivity index (χ1v) is 6.96. The molecular formula is C15H10BrFN2O2. The first-order chi connectivity index (χ1) is 10.0. The third kappa shape index (κ3) is 2.80. The predicted octanol–water partition coefficient (Wildman–Crippen LogP) is 4.29. The van der Waals surface area contributed by atoms with Gasteiger partial charge in [-0.3, -0.25) is 4.79 Å². The fourth-order valence-electron chi connectivity index (χ4n) is 2.04. The van der Waals surface area contributed by atoms with Crippen LogP contribution in [-0.4, -0.2) is 10.9 Å². The molecule has 1 N–H and O–H groups in total. The highest BCUT2D eigenvalue weighted by Crippen LogP contribution is 2.25. The second-order valence-corrected chi connectivity index (χ2v) is 5.41. The number of para-hydroxylation sites is 1. The van der Waals surface area contributed by atoms with Gasteiger partial charge >= 0.3 is 0 Å². The Morgan fingerprint density at radius 2 is 2.14 bits per heavy atom. The number of aryl methyl sites for hydroxylation is 1. The van der Waals surface area contributed by atoms with Crippen LogP contribution in [0.25, 0.3) is 11.1 Å². The zero-order valence-electron chi connectivity index (χ0n) is 11.0. The average molecular weight is 349 g/mol. The molecule has 2 aromatic carbocycles. The molecule has 3 rings (SSSR count). The van der Waals surface area contributed by atoms with Gasteiger partial charge in [0.2, 0.25) is 0 Å². The van der Waals surface area contributed by atoms with Crippen molar-refractivity contribution < 1.29 is 13.6 Å². The largest absolute Gasteiger partial charge is 0.439 e. The monoisotopic (exact) mass is 348 g/mol. The van der Waals surface area contributed by atoms with E-state index in [1.54, 1.807) is 31.2 Å². The summed E-state index contributed by atoms with van der Waals surface area (Å²) in [4.78, 5) is 16.4. The van der Waals surface area contributed by atoms with Gasteiger partial charge in [-0.15, -0.1) is 0 Å². The van der Waals surface area contributed by atoms with E-state index in [9.17, 15) is 9.18 Å². The molecule has 106 valence electrons. The summed E-state index contributed by atoms with van der Waals surface area (Å²) >= 11 is 3.16. The van der Waals surface area contributed by atoms with Crippen LogP contribution in [0.3, 0.4) is 0 Å². The molecule has 0 saturated heterocycles. The molecule has 0 aliphatic carbocycles. The number of anilines is 1. The van der Waals surface area contributed by atoms with Gasteiger partial charge < -0.3 is 9.73 Å². The second-order valence-electron chi connectivity index (χ2n) is 4.50. The minimum Gasteiger partial charge on any atom is -0.439 e. The van der Waals surface area contributed by atoms with Gasteiger partial charge in [-0.25, -0.2) is 9.37 Å². The van der Waals surface area contributed by atoms with Gasteiger partial charge in [0.15, 0.2) is 11.5 Å². The molecule has 0 spiro atoms. The van der Waals surface area contributed by atoms with Gasteiger partial charge in [0, 0.05) is 17.0 Å². The highest BCUT2D eigenvalue weighted by molar-refractivity contribution is 9.10. The molecule has 0 aliphatic rings. The van der Waals surface area contributed by atoms with Gasteiger partial charge in [0.25, 0.3) is 5.91 Å². The first kappa shape index (κ1) is 13.8. The lowest BCUT2D eigenvalue weighted by atomic mass is 10.2. The molecule has 4 nitrogen and oxygen atoms in total. The normalized spacial score (nSPS) is 10.8. The Hall–Kier alpha value is -2.21. The smallest absolute Gasteiger partial charge is 0.255 e. The number of carbonyl (C=O) groups is 1. The van der Waals surface area contributed by atoms with E-state index in [0.29, 0.717) is 27.2 Å². The van der Waals surface area contributed by atoms with Crippen LogP contribution in [0.5, 0.6) is 0 Å². The molecular weight excluding hydrogens is 339 g/mol. The van der Waals surface area contributed by atoms with Crippen LogP contribution in [0.1, 0.15) is 16.2 Å². The molecule has 0 bridgehead atoms. The number of hydrogen-bond donors (Lipinski definition) is 1. The summed E-state index contributed by atoms with van der Waals surface area (Å²) in [6.07, 6.45) is 0. The topological polar surface area (TPSA) is 55.1 Å². The molecule has 0 unspecified atom stereocenters. The van der Waals surface area contributed by atoms with Gasteiger partial charge in [-0.05, 0) is 30.3 Å². The molecule has 0 fully saturated rings. The maximum Gasteiger partial charge on any atom is 0.255 e. The Bertz CT molecular complexity index is 825. The minimum atomic E-state index is -0.483. The molecule has 6 heteroatoms. The molecule has 0 aliphatic heterocycles. The molecule has 1 aromatic heterocycles. The molecule has 3 aromatic rings. The van der Waals surface area contributed by atoms with Crippen LogP contribution in [-0.2, 0) is 0 Å². The number of aromatic nitrogens is 1. The quantitative estimate of drug-likeness (QED) is 0.751. The highest BCUT2D eigenvalue weighted by atomic mass is 79.9. The minimum absolute atomic E-state index is 0.218. The van der Waals surface area contributed by atoms with Gasteiger partial charge in [0.05, 0.1) is 5.69 Å². The lowest BCUT2D eigenvalue weighted by Gasteiger charge is -2.06. The molecule has 0 saturated carbocycles. The summed E-state index contributed by atoms with van der Waals surface area (Å²) in [5.74, 6) is -0.389. The Balaban J connectivity index is 1.96. The summed E-state index contributed by atoms with van der Waals surface area (Å²) in [7, 11) is 0. The highest BCUT2D eigenvalue weighted by Gasteiger charge is 2.13. The van der Waals surface area contributed by atoms with E-state index in [1.807, 2.05) is 0 Å². The summed E-state index contributed by atoms with van der Waals surface area (Å²) < 4.78 is 19.3. The van der Waals surface area contributed by atoms with E-state index in [1.165, 1.54) is 12.1 Å². The third-order valence-corrected chi connectivity index (χ3v) is 3.35. The van der Waals surface area contributed by atoms with E-state index in [2.05, 4.69) is 26.2 Å². The number of rotatable bonds is 2. The SMILES string of the molecule is Cc1nc2cccc(NC(=O)c3cc(F)cc(Br)c3)c2o1. The molecule has 1 amide bonds. The number of fused-ring (bicyclic) bond motifs is 1. The number of hydrogen-bond acceptors (Lipinski definition) is 3. The molecule has 1 heterocycles. The Morgan fingerprint density at radius 1 is 1.33 bits per heavy atom. The van der Waals surface area contributed by atoms with Crippen LogP contribution in [0.15, 0.2) is 45.3 Å². The Labute approximate surface area is 128 Å². The first-order valence-electron chi connectivity index (χ1n) is 6.16. The van der Waals surface area contributed by atoms with Crippen molar-refractivity contribution in [2.45, 2.75) is 6.92 Å². The van der Waals surface area contributed by atoms with Crippen molar-refractivity contribution >= 4 is 38.6 Å². The maximum atomic E-state index is 13.3. The lowest BCUT2D eigenvalue weighted by molar-refractivity contribution is 0.102. The fourth-order valence-corrected chi connectivity index (χ4v) is 2.50. The Morgan fingerprint density at radius 3 is 2.90 bits per heavy atom. The van der Waals surface area contributed by atoms with E-state index >= 15 is 0 Å². The standard InChI is InChI=1S/C15H10BrFN2O2/c1-8-18-12-3-2-4-13(14(12)21-8)19-15(20)9-5-10(16)7-11(17)6-9/h2-7H,1H3,(H,19,20). The number of benzene rings is 2. The zero-order valence-corrected chi connectivity index (χ0v) is 12.6. The molecule has 21 heavy (non-hydrogen) atoms. The van der Waals surface area contributed by atoms with Crippen LogP contribution in [0, 0.1) is 12.7 Å². The number of nitrogens with one attached hydrogen (secondary N) is 1. The van der Waals surface area contributed by atoms with E-state index < -0.39 is 11.7 Å². The van der Waals surface area contributed by atoms with Crippen molar-refractivity contribution in [3.63, 3.8) is 0 Å². The van der Waals surface area contributed by atoms with Gasteiger partial charge in [0.1, 0.15) is 11.3 Å². The zero-order chi connectivity index (χ0) is 15.0. The summed E-state index contributed by atoms with van der Waals surface area (Å²) in [6, 6.07) is 9.27. The van der Waals surface area contributed by atoms with Crippen molar-refractivity contribution in [3.8, 4) is 0 Å². The summed E-state index contributed by atoms with van der Waals surface area (Å²) in [5.41, 5.74) is 1.87. The average Bonchev–Trinajstić information content (AvgIpc) is 2.79. The van der Waals surface area contributed by atoms with Crippen LogP contribution < -0.4 is 5.32 Å². The number of halogens is 2. The van der Waals surface area contributed by atoms with Crippen LogP contribution in [0.2, 0.25) is 0 Å². The van der Waals surface area contributed by atoms with E-state index in [0.717, 1.165) is 0 Å². The van der Waals surface area contributed by atoms with Crippen molar-refractivity contribution in [3.05, 3.63) is 58.1 Å². The molecule has 0 radical (unpaired) electrons. The van der Waals surface area contributed by atoms with Crippen molar-refractivity contribution in [2.75, 3.05) is 5.32 Å². The van der Waals surface area contributed by atoms with Crippen LogP contribution in [0.4, 0.5) is 10.1 Å². The third-order valence-electron chi connectivity index (χ3n) is 2.89. The predicted molar refractivity (Wildman–Crippen MR) is 80.8 cm³/mol. The maximum absolute atomic E-state index is 13.3. The van der Waals surface area contributed by atoms with Crippen LogP contribution >= 0.6 is 15.9 Å². The van der Waals surface area contributed by atoms with Crippen molar-refractivity contribution in [2.24, 2.45) is 0 Å². The van der Waals surface area contributed by atoms with Crippen molar-refractivity contribution in [1.29, 1.82) is 0 Å². The summed E-state index contributed by atoms with van der Waals surface area (Å²) in [5, 5.41) is 2.71. The van der Waals surface area contributed by atoms with E-state index in [4.69, 9.17) is 4.42 Å². The Kier molecular flexibility index (Phi) is 3.47. The number of nitrogens with zero attached hydrogens (tertiary/aromatic N) is 1. The molecule has 0 atom stereocenters. The van der Waals surface area contributed by atoms with Crippen molar-refractivity contribution in [1.82, 2.24) is 4.98 Å². The number of oxazole rings is 1. The second kappa shape index (κ2) is 5.29. The number of carbonyl (C=O) groups excluding carboxylic acids is 1. The van der Waals surface area contributed by atoms with Gasteiger partial charge in [-0.2, -0.15) is 0 Å². The van der Waals surface area contributed by atoms with Gasteiger partial charge in [-0.1, -0.05) is 22.0 Å². The van der Waals surface area contributed by atoms with E-state index in [-0.39, 0.29) is 5.56 Å².